The summed E-state index contributed by atoms with van der Waals surface area (Å²) in [6, 6.07) is 16.6. The van der Waals surface area contributed by atoms with E-state index in [1.807, 2.05) is 48.5 Å². The number of rotatable bonds is 8. The van der Waals surface area contributed by atoms with E-state index < -0.39 is 5.97 Å². The number of carbonyl (C=O) groups is 2. The molecule has 0 radical (unpaired) electrons. The lowest BCUT2D eigenvalue weighted by atomic mass is 10.2. The van der Waals surface area contributed by atoms with Gasteiger partial charge in [-0.15, -0.1) is 0 Å². The standard InChI is InChI=1S/C22H22N2O5S/c1-27-13-12-24-21(26)19(30-22(24)23-17-6-4-3-5-7-17)14-16-8-10-18(11-9-16)29-15-20(25)28-2/h3-11,14H,12-13,15H2,1-2H3/b19-14+,23-22?. The largest absolute Gasteiger partial charge is 0.482 e. The number of amidine groups is 1. The summed E-state index contributed by atoms with van der Waals surface area (Å²) in [4.78, 5) is 30.9. The van der Waals surface area contributed by atoms with Crippen LogP contribution in [-0.4, -0.2) is 55.9 Å². The molecule has 0 spiro atoms. The van der Waals surface area contributed by atoms with Gasteiger partial charge in [-0.25, -0.2) is 9.79 Å². The molecule has 156 valence electrons. The van der Waals surface area contributed by atoms with Crippen LogP contribution in [0.3, 0.4) is 0 Å². The third-order valence-electron chi connectivity index (χ3n) is 4.15. The first kappa shape index (κ1) is 21.6. The first-order valence-corrected chi connectivity index (χ1v) is 10.1. The fraction of sp³-hybridized carbons (Fsp3) is 0.227. The predicted molar refractivity (Wildman–Crippen MR) is 117 cm³/mol. The normalized spacial score (nSPS) is 16.3. The molecule has 1 heterocycles. The van der Waals surface area contributed by atoms with Crippen molar-refractivity contribution in [3.63, 3.8) is 0 Å². The Morgan fingerprint density at radius 1 is 1.10 bits per heavy atom. The van der Waals surface area contributed by atoms with Gasteiger partial charge in [-0.2, -0.15) is 0 Å². The fourth-order valence-corrected chi connectivity index (χ4v) is 3.62. The number of hydrogen-bond donors (Lipinski definition) is 0. The van der Waals surface area contributed by atoms with Crippen LogP contribution in [0.2, 0.25) is 0 Å². The van der Waals surface area contributed by atoms with E-state index in [1.54, 1.807) is 24.1 Å². The molecule has 2 aromatic carbocycles. The van der Waals surface area contributed by atoms with Gasteiger partial charge in [-0.1, -0.05) is 30.3 Å². The zero-order valence-electron chi connectivity index (χ0n) is 16.7. The summed E-state index contributed by atoms with van der Waals surface area (Å²) in [6.45, 7) is 0.685. The topological polar surface area (TPSA) is 77.4 Å². The van der Waals surface area contributed by atoms with E-state index in [0.717, 1.165) is 11.3 Å². The van der Waals surface area contributed by atoms with E-state index in [-0.39, 0.29) is 12.5 Å². The highest BCUT2D eigenvalue weighted by Gasteiger charge is 2.33. The zero-order valence-corrected chi connectivity index (χ0v) is 17.6. The Kier molecular flexibility index (Phi) is 7.64. The molecular weight excluding hydrogens is 404 g/mol. The lowest BCUT2D eigenvalue weighted by Crippen LogP contribution is -2.32. The molecule has 8 heteroatoms. The lowest BCUT2D eigenvalue weighted by Gasteiger charge is -2.14. The van der Waals surface area contributed by atoms with Gasteiger partial charge < -0.3 is 14.2 Å². The SMILES string of the molecule is COCCN1C(=O)/C(=C\c2ccc(OCC(=O)OC)cc2)SC1=Nc1ccccc1. The van der Waals surface area contributed by atoms with Crippen LogP contribution in [0.15, 0.2) is 64.5 Å². The summed E-state index contributed by atoms with van der Waals surface area (Å²) < 4.78 is 15.0. The smallest absolute Gasteiger partial charge is 0.343 e. The third kappa shape index (κ3) is 5.71. The molecule has 3 rings (SSSR count). The molecule has 0 bridgehead atoms. The van der Waals surface area contributed by atoms with Crippen LogP contribution in [0.4, 0.5) is 5.69 Å². The molecule has 0 N–H and O–H groups in total. The van der Waals surface area contributed by atoms with Gasteiger partial charge in [0.25, 0.3) is 5.91 Å². The summed E-state index contributed by atoms with van der Waals surface area (Å²) in [7, 11) is 2.91. The number of hydrogen-bond acceptors (Lipinski definition) is 7. The van der Waals surface area contributed by atoms with Crippen molar-refractivity contribution < 1.29 is 23.8 Å². The number of nitrogens with zero attached hydrogens (tertiary/aromatic N) is 2. The van der Waals surface area contributed by atoms with Crippen molar-refractivity contribution in [3.05, 3.63) is 65.1 Å². The number of thioether (sulfide) groups is 1. The molecule has 1 fully saturated rings. The van der Waals surface area contributed by atoms with Gasteiger partial charge in [0, 0.05) is 7.11 Å². The number of ether oxygens (including phenoxy) is 3. The quantitative estimate of drug-likeness (QED) is 0.475. The fourth-order valence-electron chi connectivity index (χ4n) is 2.60. The lowest BCUT2D eigenvalue weighted by molar-refractivity contribution is -0.142. The number of amides is 1. The Hall–Kier alpha value is -3.10. The van der Waals surface area contributed by atoms with Crippen LogP contribution in [0, 0.1) is 0 Å². The number of methoxy groups -OCH3 is 2. The Bertz CT molecular complexity index is 942. The monoisotopic (exact) mass is 426 g/mol. The van der Waals surface area contributed by atoms with Crippen LogP contribution < -0.4 is 4.74 Å². The molecule has 7 nitrogen and oxygen atoms in total. The molecule has 2 aromatic rings. The van der Waals surface area contributed by atoms with E-state index in [9.17, 15) is 9.59 Å². The van der Waals surface area contributed by atoms with Gasteiger partial charge in [0.1, 0.15) is 5.75 Å². The number of benzene rings is 2. The van der Waals surface area contributed by atoms with Crippen LogP contribution in [0.25, 0.3) is 6.08 Å². The summed E-state index contributed by atoms with van der Waals surface area (Å²) in [5, 5.41) is 0.618. The van der Waals surface area contributed by atoms with Crippen LogP contribution >= 0.6 is 11.8 Å². The average molecular weight is 426 g/mol. The van der Waals surface area contributed by atoms with Crippen LogP contribution in [0.1, 0.15) is 5.56 Å². The third-order valence-corrected chi connectivity index (χ3v) is 5.16. The second kappa shape index (κ2) is 10.6. The second-order valence-electron chi connectivity index (χ2n) is 6.22. The van der Waals surface area contributed by atoms with E-state index in [0.29, 0.717) is 29.0 Å². The van der Waals surface area contributed by atoms with E-state index in [1.165, 1.54) is 18.9 Å². The maximum absolute atomic E-state index is 12.9. The van der Waals surface area contributed by atoms with Gasteiger partial charge >= 0.3 is 5.97 Å². The molecule has 1 aliphatic heterocycles. The van der Waals surface area contributed by atoms with Crippen molar-refractivity contribution in [1.29, 1.82) is 0 Å². The molecule has 0 unspecified atom stereocenters. The maximum Gasteiger partial charge on any atom is 0.343 e. The Morgan fingerprint density at radius 2 is 1.83 bits per heavy atom. The van der Waals surface area contributed by atoms with Crippen molar-refractivity contribution in [2.75, 3.05) is 34.0 Å². The van der Waals surface area contributed by atoms with Gasteiger partial charge in [0.15, 0.2) is 11.8 Å². The van der Waals surface area contributed by atoms with Gasteiger partial charge in [0.2, 0.25) is 0 Å². The molecule has 30 heavy (non-hydrogen) atoms. The average Bonchev–Trinajstić information content (AvgIpc) is 3.06. The second-order valence-corrected chi connectivity index (χ2v) is 7.23. The van der Waals surface area contributed by atoms with Crippen molar-refractivity contribution in [1.82, 2.24) is 4.90 Å². The van der Waals surface area contributed by atoms with Crippen molar-refractivity contribution in [2.45, 2.75) is 0 Å². The maximum atomic E-state index is 12.9. The molecule has 0 saturated carbocycles. The first-order chi connectivity index (χ1) is 14.6. The van der Waals surface area contributed by atoms with E-state index >= 15 is 0 Å². The minimum Gasteiger partial charge on any atom is -0.482 e. The number of esters is 1. The number of para-hydroxylation sites is 1. The van der Waals surface area contributed by atoms with Crippen LogP contribution in [-0.2, 0) is 19.1 Å². The highest BCUT2D eigenvalue weighted by atomic mass is 32.2. The summed E-state index contributed by atoms with van der Waals surface area (Å²) in [5.41, 5.74) is 1.62. The molecule has 1 aliphatic rings. The van der Waals surface area contributed by atoms with E-state index in [4.69, 9.17) is 9.47 Å². The van der Waals surface area contributed by atoms with Gasteiger partial charge in [-0.3, -0.25) is 9.69 Å². The molecule has 0 aliphatic carbocycles. The summed E-state index contributed by atoms with van der Waals surface area (Å²) in [6.07, 6.45) is 1.81. The minimum atomic E-state index is -0.449. The Labute approximate surface area is 179 Å². The van der Waals surface area contributed by atoms with Crippen LogP contribution in [0.5, 0.6) is 5.75 Å². The molecular formula is C22H22N2O5S. The van der Waals surface area contributed by atoms with Crippen molar-refractivity contribution in [2.24, 2.45) is 4.99 Å². The van der Waals surface area contributed by atoms with Crippen molar-refractivity contribution in [3.8, 4) is 5.75 Å². The number of aliphatic imine (C=N–C) groups is 1. The first-order valence-electron chi connectivity index (χ1n) is 9.24. The Morgan fingerprint density at radius 3 is 2.50 bits per heavy atom. The summed E-state index contributed by atoms with van der Waals surface area (Å²) in [5.74, 6) is -0.0192. The summed E-state index contributed by atoms with van der Waals surface area (Å²) >= 11 is 1.33. The molecule has 0 aromatic heterocycles. The minimum absolute atomic E-state index is 0.113. The number of carbonyl (C=O) groups excluding carboxylic acids is 2. The highest BCUT2D eigenvalue weighted by molar-refractivity contribution is 8.18. The molecule has 1 amide bonds. The molecule has 1 saturated heterocycles. The van der Waals surface area contributed by atoms with E-state index in [2.05, 4.69) is 9.73 Å². The Balaban J connectivity index is 1.78. The highest BCUT2D eigenvalue weighted by Crippen LogP contribution is 2.34. The predicted octanol–water partition coefficient (Wildman–Crippen LogP) is 3.49. The van der Waals surface area contributed by atoms with Crippen molar-refractivity contribution >= 4 is 40.6 Å². The molecule has 0 atom stereocenters. The van der Waals surface area contributed by atoms with Gasteiger partial charge in [-0.05, 0) is 47.7 Å². The zero-order chi connectivity index (χ0) is 21.3. The van der Waals surface area contributed by atoms with Gasteiger partial charge in [0.05, 0.1) is 30.9 Å².